The summed E-state index contributed by atoms with van der Waals surface area (Å²) in [7, 11) is 0. The summed E-state index contributed by atoms with van der Waals surface area (Å²) in [6.07, 6.45) is 8.65. The van der Waals surface area contributed by atoms with Crippen LogP contribution in [0, 0.1) is 6.42 Å². The molecule has 0 aliphatic heterocycles. The Bertz CT molecular complexity index is 37.8. The molecular weight excluding hydrogens is 110 g/mol. The van der Waals surface area contributed by atoms with Crippen LogP contribution in [0.3, 0.4) is 0 Å². The predicted octanol–water partition coefficient (Wildman–Crippen LogP) is 2.12. The first kappa shape index (κ1) is 8.96. The summed E-state index contributed by atoms with van der Waals surface area (Å²) < 4.78 is 0. The third kappa shape index (κ3) is 7.96. The first-order valence-corrected chi connectivity index (χ1v) is 3.93. The van der Waals surface area contributed by atoms with E-state index in [2.05, 4.69) is 13.3 Å². The van der Waals surface area contributed by atoms with Crippen molar-refractivity contribution >= 4 is 0 Å². The second kappa shape index (κ2) is 7.96. The maximum absolute atomic E-state index is 5.31. The van der Waals surface area contributed by atoms with Gasteiger partial charge in [-0.15, -0.1) is 0 Å². The summed E-state index contributed by atoms with van der Waals surface area (Å²) in [5.74, 6) is 0. The van der Waals surface area contributed by atoms with Crippen molar-refractivity contribution in [2.75, 3.05) is 6.54 Å². The van der Waals surface area contributed by atoms with E-state index in [-0.39, 0.29) is 0 Å². The molecule has 0 aliphatic carbocycles. The van der Waals surface area contributed by atoms with Crippen molar-refractivity contribution in [2.24, 2.45) is 5.73 Å². The van der Waals surface area contributed by atoms with Crippen LogP contribution in [0.15, 0.2) is 0 Å². The summed E-state index contributed by atoms with van der Waals surface area (Å²) in [5.41, 5.74) is 5.31. The molecule has 1 nitrogen and oxygen atoms in total. The molecule has 0 aliphatic rings. The van der Waals surface area contributed by atoms with E-state index < -0.39 is 0 Å². The van der Waals surface area contributed by atoms with Crippen molar-refractivity contribution in [1.82, 2.24) is 0 Å². The molecule has 9 heavy (non-hydrogen) atoms. The highest BCUT2D eigenvalue weighted by atomic mass is 14.5. The van der Waals surface area contributed by atoms with Gasteiger partial charge in [0.1, 0.15) is 0 Å². The molecule has 0 saturated heterocycles. The van der Waals surface area contributed by atoms with Gasteiger partial charge >= 0.3 is 0 Å². The molecule has 0 aromatic heterocycles. The van der Waals surface area contributed by atoms with E-state index in [0.29, 0.717) is 0 Å². The molecule has 0 bridgehead atoms. The van der Waals surface area contributed by atoms with Gasteiger partial charge < -0.3 is 5.73 Å². The summed E-state index contributed by atoms with van der Waals surface area (Å²) in [6.45, 7) is 3.04. The number of hydrogen-bond donors (Lipinski definition) is 1. The number of hydrogen-bond acceptors (Lipinski definition) is 1. The zero-order valence-corrected chi connectivity index (χ0v) is 6.40. The Kier molecular flexibility index (Phi) is 7.92. The Hall–Kier alpha value is -0.0400. The highest BCUT2D eigenvalue weighted by Gasteiger charge is 1.86. The standard InChI is InChI=1S/C8H18N/c1-2-3-4-5-6-7-8-9/h6H,2-5,7-9H2,1H3. The molecule has 55 valence electrons. The molecule has 2 N–H and O–H groups in total. The number of unbranched alkanes of at least 4 members (excludes halogenated alkanes) is 5. The maximum Gasteiger partial charge on any atom is -0.00745 e. The average Bonchev–Trinajstić information content (AvgIpc) is 1.89. The fourth-order valence-electron chi connectivity index (χ4n) is 0.801. The van der Waals surface area contributed by atoms with Crippen LogP contribution in [0.25, 0.3) is 0 Å². The van der Waals surface area contributed by atoms with Crippen molar-refractivity contribution in [3.63, 3.8) is 0 Å². The lowest BCUT2D eigenvalue weighted by Crippen LogP contribution is -1.97. The van der Waals surface area contributed by atoms with Gasteiger partial charge in [0.25, 0.3) is 0 Å². The molecule has 1 radical (unpaired) electrons. The van der Waals surface area contributed by atoms with Crippen LogP contribution in [0.1, 0.15) is 39.0 Å². The van der Waals surface area contributed by atoms with Gasteiger partial charge in [-0.25, -0.2) is 0 Å². The van der Waals surface area contributed by atoms with Crippen molar-refractivity contribution in [3.05, 3.63) is 6.42 Å². The molecule has 0 atom stereocenters. The summed E-state index contributed by atoms with van der Waals surface area (Å²) >= 11 is 0. The molecule has 0 unspecified atom stereocenters. The minimum absolute atomic E-state index is 0.812. The highest BCUT2D eigenvalue weighted by Crippen LogP contribution is 2.02. The van der Waals surface area contributed by atoms with Crippen molar-refractivity contribution in [1.29, 1.82) is 0 Å². The normalized spacial score (nSPS) is 10.0. The lowest BCUT2D eigenvalue weighted by Gasteiger charge is -1.95. The fraction of sp³-hybridized carbons (Fsp3) is 0.875. The smallest absolute Gasteiger partial charge is 0.00745 e. The molecule has 0 rings (SSSR count). The first-order chi connectivity index (χ1) is 4.41. The van der Waals surface area contributed by atoms with Crippen LogP contribution in [-0.2, 0) is 0 Å². The molecular formula is C8H18N. The molecule has 1 heteroatoms. The Morgan fingerprint density at radius 2 is 2.00 bits per heavy atom. The number of nitrogens with two attached hydrogens (primary N) is 1. The predicted molar refractivity (Wildman–Crippen MR) is 42.1 cm³/mol. The average molecular weight is 128 g/mol. The largest absolute Gasteiger partial charge is 0.330 e. The van der Waals surface area contributed by atoms with Gasteiger partial charge in [-0.05, 0) is 19.4 Å². The van der Waals surface area contributed by atoms with Gasteiger partial charge in [-0.3, -0.25) is 0 Å². The topological polar surface area (TPSA) is 26.0 Å². The van der Waals surface area contributed by atoms with Crippen LogP contribution in [-0.4, -0.2) is 6.54 Å². The summed E-state index contributed by atoms with van der Waals surface area (Å²) in [6, 6.07) is 0. The zero-order chi connectivity index (χ0) is 6.95. The van der Waals surface area contributed by atoms with Gasteiger partial charge in [0.05, 0.1) is 0 Å². The van der Waals surface area contributed by atoms with E-state index in [1.54, 1.807) is 0 Å². The Morgan fingerprint density at radius 1 is 1.22 bits per heavy atom. The Balaban J connectivity index is 2.60. The monoisotopic (exact) mass is 128 g/mol. The van der Waals surface area contributed by atoms with Crippen molar-refractivity contribution < 1.29 is 0 Å². The van der Waals surface area contributed by atoms with Crippen LogP contribution < -0.4 is 5.73 Å². The highest BCUT2D eigenvalue weighted by molar-refractivity contribution is 4.63. The quantitative estimate of drug-likeness (QED) is 0.545. The second-order valence-electron chi connectivity index (χ2n) is 2.36. The Morgan fingerprint density at radius 3 is 2.56 bits per heavy atom. The minimum Gasteiger partial charge on any atom is -0.330 e. The maximum atomic E-state index is 5.31. The van der Waals surface area contributed by atoms with Crippen molar-refractivity contribution in [2.45, 2.75) is 39.0 Å². The van der Waals surface area contributed by atoms with Crippen molar-refractivity contribution in [3.8, 4) is 0 Å². The molecule has 0 heterocycles. The molecule has 0 saturated carbocycles. The van der Waals surface area contributed by atoms with E-state index >= 15 is 0 Å². The summed E-state index contributed by atoms with van der Waals surface area (Å²) in [5, 5.41) is 0. The number of rotatable bonds is 6. The minimum atomic E-state index is 0.812. The second-order valence-corrected chi connectivity index (χ2v) is 2.36. The molecule has 0 fully saturated rings. The fourth-order valence-corrected chi connectivity index (χ4v) is 0.801. The van der Waals surface area contributed by atoms with Crippen LogP contribution in [0.5, 0.6) is 0 Å². The van der Waals surface area contributed by atoms with Gasteiger partial charge in [-0.2, -0.15) is 0 Å². The van der Waals surface area contributed by atoms with E-state index in [1.807, 2.05) is 0 Å². The first-order valence-electron chi connectivity index (χ1n) is 3.93. The molecule has 0 aromatic rings. The van der Waals surface area contributed by atoms with E-state index in [0.717, 1.165) is 13.0 Å². The van der Waals surface area contributed by atoms with E-state index in [4.69, 9.17) is 5.73 Å². The van der Waals surface area contributed by atoms with Gasteiger partial charge in [0, 0.05) is 0 Å². The lowest BCUT2D eigenvalue weighted by molar-refractivity contribution is 0.692. The Labute approximate surface area is 58.6 Å². The van der Waals surface area contributed by atoms with Crippen LogP contribution in [0.4, 0.5) is 0 Å². The molecule has 0 amide bonds. The van der Waals surface area contributed by atoms with E-state index in [9.17, 15) is 0 Å². The van der Waals surface area contributed by atoms with Gasteiger partial charge in [0.2, 0.25) is 0 Å². The zero-order valence-electron chi connectivity index (χ0n) is 6.40. The van der Waals surface area contributed by atoms with Gasteiger partial charge in [0.15, 0.2) is 0 Å². The lowest BCUT2D eigenvalue weighted by atomic mass is 10.1. The summed E-state index contributed by atoms with van der Waals surface area (Å²) in [4.78, 5) is 0. The molecule has 0 spiro atoms. The van der Waals surface area contributed by atoms with E-state index in [1.165, 1.54) is 25.7 Å². The molecule has 0 aromatic carbocycles. The third-order valence-corrected chi connectivity index (χ3v) is 1.38. The van der Waals surface area contributed by atoms with Crippen LogP contribution >= 0.6 is 0 Å². The third-order valence-electron chi connectivity index (χ3n) is 1.38. The SMILES string of the molecule is CCCCC[CH]CCN. The van der Waals surface area contributed by atoms with Gasteiger partial charge in [-0.1, -0.05) is 32.6 Å². The van der Waals surface area contributed by atoms with Crippen LogP contribution in [0.2, 0.25) is 0 Å².